The molecule has 0 aromatic carbocycles. The van der Waals surface area contributed by atoms with Crippen molar-refractivity contribution in [1.29, 1.82) is 0 Å². The van der Waals surface area contributed by atoms with Crippen molar-refractivity contribution >= 4 is 0 Å². The predicted octanol–water partition coefficient (Wildman–Crippen LogP) is 4.83. The first-order chi connectivity index (χ1) is 8.07. The summed E-state index contributed by atoms with van der Waals surface area (Å²) in [4.78, 5) is 4.59. The average molecular weight is 233 g/mol. The number of aromatic nitrogens is 1. The van der Waals surface area contributed by atoms with Gasteiger partial charge in [0.25, 0.3) is 0 Å². The average Bonchev–Trinajstić information content (AvgIpc) is 2.30. The number of hydrogen-bond acceptors (Lipinski definition) is 1. The minimum Gasteiger partial charge on any atom is -0.258 e. The zero-order valence-corrected chi connectivity index (χ0v) is 12.2. The lowest BCUT2D eigenvalue weighted by Gasteiger charge is -2.14. The lowest BCUT2D eigenvalue weighted by Crippen LogP contribution is -2.02. The quantitative estimate of drug-likeness (QED) is 0.641. The largest absolute Gasteiger partial charge is 0.258 e. The molecule has 1 nitrogen and oxygen atoms in total. The van der Waals surface area contributed by atoms with Gasteiger partial charge in [0, 0.05) is 11.4 Å². The Morgan fingerprint density at radius 2 is 1.29 bits per heavy atom. The van der Waals surface area contributed by atoms with Gasteiger partial charge in [-0.3, -0.25) is 4.98 Å². The van der Waals surface area contributed by atoms with Crippen LogP contribution in [0.3, 0.4) is 0 Å². The summed E-state index contributed by atoms with van der Waals surface area (Å²) in [5.74, 6) is 0. The van der Waals surface area contributed by atoms with E-state index in [1.807, 2.05) is 0 Å². The van der Waals surface area contributed by atoms with E-state index in [1.165, 1.54) is 61.0 Å². The molecule has 0 saturated heterocycles. The Hall–Kier alpha value is -0.850. The molecular weight excluding hydrogens is 206 g/mol. The molecule has 0 atom stereocenters. The van der Waals surface area contributed by atoms with Crippen LogP contribution in [0.15, 0.2) is 0 Å². The summed E-state index contributed by atoms with van der Waals surface area (Å²) in [7, 11) is 0. The maximum atomic E-state index is 4.59. The van der Waals surface area contributed by atoms with Crippen molar-refractivity contribution in [3.05, 3.63) is 28.1 Å². The van der Waals surface area contributed by atoms with E-state index < -0.39 is 0 Å². The van der Waals surface area contributed by atoms with Gasteiger partial charge < -0.3 is 0 Å². The fourth-order valence-electron chi connectivity index (χ4n) is 2.42. The van der Waals surface area contributed by atoms with E-state index in [0.29, 0.717) is 0 Å². The topological polar surface area (TPSA) is 12.9 Å². The summed E-state index contributed by atoms with van der Waals surface area (Å²) >= 11 is 0. The maximum absolute atomic E-state index is 4.59. The van der Waals surface area contributed by atoms with E-state index in [4.69, 9.17) is 0 Å². The fraction of sp³-hybridized carbons (Fsp3) is 0.688. The van der Waals surface area contributed by atoms with Gasteiger partial charge in [-0.1, -0.05) is 32.6 Å². The lowest BCUT2D eigenvalue weighted by atomic mass is 9.95. The second kappa shape index (κ2) is 6.78. The molecule has 0 unspecified atom stereocenters. The highest BCUT2D eigenvalue weighted by molar-refractivity contribution is 5.38. The second-order valence-electron chi connectivity index (χ2n) is 5.18. The van der Waals surface area contributed by atoms with Gasteiger partial charge in [-0.05, 0) is 57.2 Å². The van der Waals surface area contributed by atoms with E-state index in [-0.39, 0.29) is 0 Å². The summed E-state index contributed by atoms with van der Waals surface area (Å²) in [6.07, 6.45) is 8.01. The van der Waals surface area contributed by atoms with Crippen molar-refractivity contribution in [2.45, 2.75) is 73.1 Å². The van der Waals surface area contributed by atoms with Crippen LogP contribution in [0, 0.1) is 27.7 Å². The number of unbranched alkanes of at least 4 members (excludes halogenated alkanes) is 4. The molecule has 17 heavy (non-hydrogen) atoms. The number of nitrogens with zero attached hydrogens (tertiary/aromatic N) is 1. The van der Waals surface area contributed by atoms with Crippen molar-refractivity contribution in [3.63, 3.8) is 0 Å². The first-order valence-corrected chi connectivity index (χ1v) is 7.01. The molecule has 0 spiro atoms. The van der Waals surface area contributed by atoms with Crippen LogP contribution in [0.2, 0.25) is 0 Å². The number of rotatable bonds is 6. The van der Waals surface area contributed by atoms with Crippen molar-refractivity contribution < 1.29 is 0 Å². The number of hydrogen-bond donors (Lipinski definition) is 0. The number of aryl methyl sites for hydroxylation is 2. The molecule has 0 aliphatic rings. The van der Waals surface area contributed by atoms with Gasteiger partial charge in [-0.2, -0.15) is 0 Å². The molecule has 0 aliphatic carbocycles. The SMILES string of the molecule is CCCCCCCc1c(C)c(C)nc(C)c1C. The highest BCUT2D eigenvalue weighted by atomic mass is 14.7. The van der Waals surface area contributed by atoms with Gasteiger partial charge in [0.15, 0.2) is 0 Å². The Balaban J connectivity index is 2.64. The molecular formula is C16H27N. The monoisotopic (exact) mass is 233 g/mol. The van der Waals surface area contributed by atoms with E-state index in [0.717, 1.165) is 0 Å². The molecule has 1 heterocycles. The zero-order valence-electron chi connectivity index (χ0n) is 12.2. The Morgan fingerprint density at radius 3 is 1.82 bits per heavy atom. The normalized spacial score (nSPS) is 10.9. The van der Waals surface area contributed by atoms with E-state index in [9.17, 15) is 0 Å². The molecule has 0 N–H and O–H groups in total. The molecule has 0 fully saturated rings. The maximum Gasteiger partial charge on any atom is 0.0407 e. The van der Waals surface area contributed by atoms with Gasteiger partial charge in [-0.25, -0.2) is 0 Å². The summed E-state index contributed by atoms with van der Waals surface area (Å²) in [6.45, 7) is 11.0. The zero-order chi connectivity index (χ0) is 12.8. The van der Waals surface area contributed by atoms with Crippen LogP contribution in [0.4, 0.5) is 0 Å². The van der Waals surface area contributed by atoms with Crippen molar-refractivity contribution in [2.75, 3.05) is 0 Å². The molecule has 96 valence electrons. The Bertz CT molecular complexity index is 340. The molecule has 0 radical (unpaired) electrons. The molecule has 0 bridgehead atoms. The summed E-state index contributed by atoms with van der Waals surface area (Å²) in [5, 5.41) is 0. The predicted molar refractivity (Wildman–Crippen MR) is 75.6 cm³/mol. The van der Waals surface area contributed by atoms with Crippen LogP contribution in [0.5, 0.6) is 0 Å². The highest BCUT2D eigenvalue weighted by Gasteiger charge is 2.08. The Labute approximate surface area is 107 Å². The summed E-state index contributed by atoms with van der Waals surface area (Å²) < 4.78 is 0. The third-order valence-corrected chi connectivity index (χ3v) is 3.86. The van der Waals surface area contributed by atoms with Gasteiger partial charge >= 0.3 is 0 Å². The van der Waals surface area contributed by atoms with Crippen LogP contribution in [-0.2, 0) is 6.42 Å². The smallest absolute Gasteiger partial charge is 0.0407 e. The first kappa shape index (κ1) is 14.2. The van der Waals surface area contributed by atoms with Crippen LogP contribution < -0.4 is 0 Å². The van der Waals surface area contributed by atoms with Crippen molar-refractivity contribution in [3.8, 4) is 0 Å². The minimum absolute atomic E-state index is 1.21. The number of pyridine rings is 1. The summed E-state index contributed by atoms with van der Waals surface area (Å²) in [5.41, 5.74) is 6.77. The van der Waals surface area contributed by atoms with Crippen LogP contribution in [-0.4, -0.2) is 4.98 Å². The fourth-order valence-corrected chi connectivity index (χ4v) is 2.42. The van der Waals surface area contributed by atoms with Crippen molar-refractivity contribution in [1.82, 2.24) is 4.98 Å². The van der Waals surface area contributed by atoms with Crippen molar-refractivity contribution in [2.24, 2.45) is 0 Å². The van der Waals surface area contributed by atoms with E-state index >= 15 is 0 Å². The molecule has 0 saturated carbocycles. The first-order valence-electron chi connectivity index (χ1n) is 7.01. The molecule has 1 heteroatoms. The Morgan fingerprint density at radius 1 is 0.765 bits per heavy atom. The second-order valence-corrected chi connectivity index (χ2v) is 5.18. The molecule has 0 aliphatic heterocycles. The van der Waals surface area contributed by atoms with Crippen LogP contribution in [0.25, 0.3) is 0 Å². The van der Waals surface area contributed by atoms with Gasteiger partial charge in [-0.15, -0.1) is 0 Å². The third-order valence-electron chi connectivity index (χ3n) is 3.86. The van der Waals surface area contributed by atoms with Crippen LogP contribution >= 0.6 is 0 Å². The molecule has 0 amide bonds. The molecule has 1 aromatic rings. The highest BCUT2D eigenvalue weighted by Crippen LogP contribution is 2.21. The van der Waals surface area contributed by atoms with Gasteiger partial charge in [0.2, 0.25) is 0 Å². The van der Waals surface area contributed by atoms with Gasteiger partial charge in [0.05, 0.1) is 0 Å². The minimum atomic E-state index is 1.21. The van der Waals surface area contributed by atoms with E-state index in [1.54, 1.807) is 5.56 Å². The van der Waals surface area contributed by atoms with E-state index in [2.05, 4.69) is 39.6 Å². The third kappa shape index (κ3) is 3.83. The molecule has 1 rings (SSSR count). The lowest BCUT2D eigenvalue weighted by molar-refractivity contribution is 0.630. The Kier molecular flexibility index (Phi) is 5.67. The summed E-state index contributed by atoms with van der Waals surface area (Å²) in [6, 6.07) is 0. The molecule has 1 aromatic heterocycles. The van der Waals surface area contributed by atoms with Crippen LogP contribution in [0.1, 0.15) is 67.1 Å². The van der Waals surface area contributed by atoms with Gasteiger partial charge in [0.1, 0.15) is 0 Å². The standard InChI is InChI=1S/C16H27N/c1-6-7-8-9-10-11-16-12(2)14(4)17-15(5)13(16)3/h6-11H2,1-5H3.